The molecule has 73 heavy (non-hydrogen) atoms. The lowest BCUT2D eigenvalue weighted by molar-refractivity contribution is -0.190. The number of aliphatic carboxylic acids is 2. The van der Waals surface area contributed by atoms with Crippen molar-refractivity contribution in [1.29, 1.82) is 0 Å². The van der Waals surface area contributed by atoms with E-state index >= 15 is 0 Å². The van der Waals surface area contributed by atoms with E-state index in [1.165, 1.54) is 0 Å². The number of likely N-dealkylation sites (tertiary alicyclic amines) is 2. The largest absolute Gasteiger partial charge is 0.481 e. The maximum Gasteiger partial charge on any atom is 0.354 e. The number of ether oxygens (including phenoxy) is 17. The summed E-state index contributed by atoms with van der Waals surface area (Å²) in [5.41, 5.74) is -2.59. The quantitative estimate of drug-likeness (QED) is 0.0535. The zero-order chi connectivity index (χ0) is 52.7. The fourth-order valence-electron chi connectivity index (χ4n) is 6.35. The first kappa shape index (κ1) is 65.7. The summed E-state index contributed by atoms with van der Waals surface area (Å²) in [6.07, 6.45) is -0.926. The molecular weight excluding hydrogens is 980 g/mol. The normalized spacial score (nSPS) is 14.2. The summed E-state index contributed by atoms with van der Waals surface area (Å²) in [7, 11) is 0. The van der Waals surface area contributed by atoms with Crippen molar-refractivity contribution in [1.82, 2.24) is 9.80 Å². The SMILES string of the molecule is O=C(O)CCOCCOCCOCCOCCOCCOCCOCCOCCOCCOCCOCCOCCOCCOCCOCCOCCOCC(C(=O)O)(N1C(=O)CCC1=O)N1C(=O)CCC1=O. The molecule has 27 heteroatoms. The molecule has 0 spiro atoms. The third-order valence-corrected chi connectivity index (χ3v) is 9.90. The lowest BCUT2D eigenvalue weighted by Gasteiger charge is -2.41. The Hall–Kier alpha value is -3.46. The molecule has 2 rings (SSSR count). The van der Waals surface area contributed by atoms with Crippen molar-refractivity contribution in [2.75, 3.05) is 225 Å². The third-order valence-electron chi connectivity index (χ3n) is 9.90. The minimum absolute atomic E-state index is 0.0165. The zero-order valence-electron chi connectivity index (χ0n) is 42.3. The van der Waals surface area contributed by atoms with E-state index in [2.05, 4.69) is 0 Å². The van der Waals surface area contributed by atoms with Crippen LogP contribution in [-0.2, 0) is 109 Å². The molecule has 2 N–H and O–H groups in total. The second-order valence-corrected chi connectivity index (χ2v) is 15.4. The molecule has 2 aliphatic rings. The van der Waals surface area contributed by atoms with E-state index in [1.807, 2.05) is 0 Å². The van der Waals surface area contributed by atoms with Crippen molar-refractivity contribution in [3.05, 3.63) is 0 Å². The van der Waals surface area contributed by atoms with E-state index in [0.717, 1.165) is 0 Å². The van der Waals surface area contributed by atoms with Crippen LogP contribution in [0.3, 0.4) is 0 Å². The van der Waals surface area contributed by atoms with E-state index in [0.29, 0.717) is 195 Å². The summed E-state index contributed by atoms with van der Waals surface area (Å²) in [6, 6.07) is 0. The monoisotopic (exact) mass is 1060 g/mol. The molecular formula is C46H80N2O25. The smallest absolute Gasteiger partial charge is 0.354 e. The summed E-state index contributed by atoms with van der Waals surface area (Å²) in [6.45, 7) is 11.8. The van der Waals surface area contributed by atoms with Crippen LogP contribution < -0.4 is 0 Å². The molecule has 424 valence electrons. The van der Waals surface area contributed by atoms with Gasteiger partial charge in [0.1, 0.15) is 6.61 Å². The molecule has 2 fully saturated rings. The summed E-state index contributed by atoms with van der Waals surface area (Å²) >= 11 is 0. The van der Waals surface area contributed by atoms with Crippen LogP contribution >= 0.6 is 0 Å². The van der Waals surface area contributed by atoms with E-state index in [-0.39, 0.29) is 65.1 Å². The Labute approximate surface area is 426 Å². The highest BCUT2D eigenvalue weighted by atomic mass is 16.6. The Morgan fingerprint density at radius 3 is 0.630 bits per heavy atom. The Morgan fingerprint density at radius 1 is 0.301 bits per heavy atom. The average Bonchev–Trinajstić information content (AvgIpc) is 3.90. The fraction of sp³-hybridized carbons (Fsp3) is 0.870. The summed E-state index contributed by atoms with van der Waals surface area (Å²) < 4.78 is 92.5. The van der Waals surface area contributed by atoms with Gasteiger partial charge in [0.15, 0.2) is 0 Å². The lowest BCUT2D eigenvalue weighted by Crippen LogP contribution is -2.70. The van der Waals surface area contributed by atoms with Gasteiger partial charge in [0.25, 0.3) is 5.66 Å². The van der Waals surface area contributed by atoms with Crippen molar-refractivity contribution >= 4 is 35.6 Å². The molecule has 2 aliphatic heterocycles. The number of rotatable bonds is 56. The molecule has 0 aliphatic carbocycles. The van der Waals surface area contributed by atoms with Crippen molar-refractivity contribution in [3.63, 3.8) is 0 Å². The summed E-state index contributed by atoms with van der Waals surface area (Å²) in [5, 5.41) is 18.6. The number of hydrogen-bond acceptors (Lipinski definition) is 23. The van der Waals surface area contributed by atoms with Crippen LogP contribution in [0, 0.1) is 0 Å². The summed E-state index contributed by atoms with van der Waals surface area (Å²) in [5.74, 6) is -5.80. The minimum Gasteiger partial charge on any atom is -0.481 e. The van der Waals surface area contributed by atoms with Gasteiger partial charge in [-0.15, -0.1) is 0 Å². The van der Waals surface area contributed by atoms with E-state index < -0.39 is 47.8 Å². The highest BCUT2D eigenvalue weighted by molar-refractivity contribution is 6.11. The number of carbonyl (C=O) groups is 6. The van der Waals surface area contributed by atoms with Crippen molar-refractivity contribution < 1.29 is 120 Å². The van der Waals surface area contributed by atoms with E-state index in [1.54, 1.807) is 0 Å². The molecule has 0 aromatic rings. The van der Waals surface area contributed by atoms with Crippen molar-refractivity contribution in [2.24, 2.45) is 0 Å². The molecule has 0 aromatic carbocycles. The van der Waals surface area contributed by atoms with Crippen LogP contribution in [0.5, 0.6) is 0 Å². The molecule has 0 bridgehead atoms. The highest BCUT2D eigenvalue weighted by Crippen LogP contribution is 2.33. The standard InChI is InChI=1S/C46H80N2O25/c49-40-1-2-41(50)47(40)46(45(55)56,48-42(51)3-4-43(48)52)39-73-38-37-72-36-35-71-34-33-70-32-31-69-30-29-68-28-27-67-26-25-66-24-23-65-22-21-64-20-19-63-18-17-62-16-15-61-14-13-60-12-11-59-10-9-58-8-7-57-6-5-44(53)54/h1-39H2,(H,53,54)(H,55,56). The van der Waals surface area contributed by atoms with Crippen LogP contribution in [0.15, 0.2) is 0 Å². The fourth-order valence-corrected chi connectivity index (χ4v) is 6.35. The Kier molecular flexibility index (Phi) is 41.3. The molecule has 2 saturated heterocycles. The Bertz CT molecular complexity index is 1380. The number of carboxylic acids is 2. The summed E-state index contributed by atoms with van der Waals surface area (Å²) in [4.78, 5) is 73.7. The van der Waals surface area contributed by atoms with Gasteiger partial charge < -0.3 is 90.7 Å². The first-order valence-corrected chi connectivity index (χ1v) is 24.7. The average molecular weight is 1060 g/mol. The molecule has 0 unspecified atom stereocenters. The molecule has 27 nitrogen and oxygen atoms in total. The number of nitrogens with zero attached hydrogens (tertiary/aromatic N) is 2. The molecule has 0 radical (unpaired) electrons. The minimum atomic E-state index is -2.59. The van der Waals surface area contributed by atoms with E-state index in [9.17, 15) is 33.9 Å². The topological polar surface area (TPSA) is 306 Å². The second kappa shape index (κ2) is 45.9. The van der Waals surface area contributed by atoms with Gasteiger partial charge >= 0.3 is 11.9 Å². The number of carbonyl (C=O) groups excluding carboxylic acids is 4. The number of imide groups is 2. The first-order chi connectivity index (χ1) is 35.7. The number of amides is 4. The van der Waals surface area contributed by atoms with E-state index in [4.69, 9.17) is 85.6 Å². The van der Waals surface area contributed by atoms with Crippen LogP contribution in [0.25, 0.3) is 0 Å². The molecule has 0 saturated carbocycles. The van der Waals surface area contributed by atoms with Crippen LogP contribution in [0.1, 0.15) is 32.1 Å². The second-order valence-electron chi connectivity index (χ2n) is 15.4. The molecule has 4 amide bonds. The van der Waals surface area contributed by atoms with Crippen LogP contribution in [0.4, 0.5) is 0 Å². The maximum atomic E-state index is 12.5. The van der Waals surface area contributed by atoms with Crippen molar-refractivity contribution in [2.45, 2.75) is 37.8 Å². The van der Waals surface area contributed by atoms with Crippen molar-refractivity contribution in [3.8, 4) is 0 Å². The number of carboxylic acid groups (broad SMARTS) is 2. The van der Waals surface area contributed by atoms with Gasteiger partial charge in [0.2, 0.25) is 23.6 Å². The van der Waals surface area contributed by atoms with Gasteiger partial charge in [-0.25, -0.2) is 14.6 Å². The predicted octanol–water partition coefficient (Wildman–Crippen LogP) is -1.18. The molecule has 0 aromatic heterocycles. The predicted molar refractivity (Wildman–Crippen MR) is 249 cm³/mol. The lowest BCUT2D eigenvalue weighted by atomic mass is 10.1. The van der Waals surface area contributed by atoms with Gasteiger partial charge in [0, 0.05) is 25.7 Å². The van der Waals surface area contributed by atoms with Gasteiger partial charge in [-0.3, -0.25) is 24.0 Å². The van der Waals surface area contributed by atoms with Gasteiger partial charge in [0.05, 0.1) is 224 Å². The number of hydrogen-bond donors (Lipinski definition) is 2. The maximum absolute atomic E-state index is 12.5. The van der Waals surface area contributed by atoms with Gasteiger partial charge in [-0.05, 0) is 0 Å². The zero-order valence-corrected chi connectivity index (χ0v) is 42.3. The molecule has 2 heterocycles. The van der Waals surface area contributed by atoms with Crippen LogP contribution in [-0.4, -0.2) is 286 Å². The van der Waals surface area contributed by atoms with Gasteiger partial charge in [-0.1, -0.05) is 0 Å². The van der Waals surface area contributed by atoms with Crippen LogP contribution in [0.2, 0.25) is 0 Å². The Balaban J connectivity index is 1.20. The highest BCUT2D eigenvalue weighted by Gasteiger charge is 2.61. The third kappa shape index (κ3) is 32.6. The van der Waals surface area contributed by atoms with Gasteiger partial charge in [-0.2, -0.15) is 0 Å². The molecule has 0 atom stereocenters. The first-order valence-electron chi connectivity index (χ1n) is 24.7. The Morgan fingerprint density at radius 2 is 0.466 bits per heavy atom.